The van der Waals surface area contributed by atoms with Crippen molar-refractivity contribution in [3.63, 3.8) is 0 Å². The van der Waals surface area contributed by atoms with Crippen LogP contribution < -0.4 is 0 Å². The van der Waals surface area contributed by atoms with Crippen LogP contribution in [0.3, 0.4) is 0 Å². The zero-order chi connectivity index (χ0) is 8.06. The molecule has 2 rings (SSSR count). The average molecular weight is 156 g/mol. The summed E-state index contributed by atoms with van der Waals surface area (Å²) in [5.74, 6) is -0.328. The monoisotopic (exact) mass is 156 g/mol. The summed E-state index contributed by atoms with van der Waals surface area (Å²) in [5.41, 5.74) is -0.759. The summed E-state index contributed by atoms with van der Waals surface area (Å²) in [7, 11) is 0. The minimum absolute atomic E-state index is 0.473. The Morgan fingerprint density at radius 3 is 2.55 bits per heavy atom. The molecule has 2 fully saturated rings. The SMILES string of the molecule is O=C(O)[C@@]12CC[C@@H](C[C@H]1O)C2. The van der Waals surface area contributed by atoms with Gasteiger partial charge in [0, 0.05) is 0 Å². The molecule has 3 nitrogen and oxygen atoms in total. The van der Waals surface area contributed by atoms with Crippen LogP contribution in [-0.2, 0) is 4.79 Å². The molecule has 0 amide bonds. The van der Waals surface area contributed by atoms with Crippen molar-refractivity contribution in [2.75, 3.05) is 0 Å². The molecular weight excluding hydrogens is 144 g/mol. The summed E-state index contributed by atoms with van der Waals surface area (Å²) in [5, 5.41) is 18.4. The summed E-state index contributed by atoms with van der Waals surface area (Å²) < 4.78 is 0. The number of carbonyl (C=O) groups is 1. The highest BCUT2D eigenvalue weighted by Gasteiger charge is 2.56. The molecule has 0 aromatic rings. The van der Waals surface area contributed by atoms with Crippen molar-refractivity contribution in [1.82, 2.24) is 0 Å². The molecule has 2 aliphatic rings. The van der Waals surface area contributed by atoms with E-state index >= 15 is 0 Å². The van der Waals surface area contributed by atoms with Gasteiger partial charge in [0.1, 0.15) is 0 Å². The number of aliphatic carboxylic acids is 1. The van der Waals surface area contributed by atoms with Crippen molar-refractivity contribution >= 4 is 5.97 Å². The average Bonchev–Trinajstić information content (AvgIpc) is 2.43. The van der Waals surface area contributed by atoms with Crippen molar-refractivity contribution in [3.05, 3.63) is 0 Å². The summed E-state index contributed by atoms with van der Waals surface area (Å²) >= 11 is 0. The van der Waals surface area contributed by atoms with Crippen molar-refractivity contribution < 1.29 is 15.0 Å². The van der Waals surface area contributed by atoms with Crippen LogP contribution in [0.2, 0.25) is 0 Å². The molecule has 3 atom stereocenters. The Balaban J connectivity index is 2.29. The lowest BCUT2D eigenvalue weighted by Gasteiger charge is -2.26. The predicted octanol–water partition coefficient (Wildman–Crippen LogP) is 0.622. The number of hydrogen-bond donors (Lipinski definition) is 2. The quantitative estimate of drug-likeness (QED) is 0.585. The number of rotatable bonds is 1. The van der Waals surface area contributed by atoms with Gasteiger partial charge in [-0.05, 0) is 31.6 Å². The molecule has 2 bridgehead atoms. The van der Waals surface area contributed by atoms with Crippen LogP contribution in [0.1, 0.15) is 25.7 Å². The molecule has 0 radical (unpaired) electrons. The Labute approximate surface area is 65.0 Å². The summed E-state index contributed by atoms with van der Waals surface area (Å²) in [6, 6.07) is 0. The van der Waals surface area contributed by atoms with Crippen molar-refractivity contribution in [1.29, 1.82) is 0 Å². The lowest BCUT2D eigenvalue weighted by atomic mass is 9.82. The van der Waals surface area contributed by atoms with Gasteiger partial charge >= 0.3 is 5.97 Å². The fourth-order valence-electron chi connectivity index (χ4n) is 2.56. The van der Waals surface area contributed by atoms with Gasteiger partial charge in [-0.3, -0.25) is 4.79 Å². The third-order valence-electron chi connectivity index (χ3n) is 3.27. The molecular formula is C8H12O3. The Bertz CT molecular complexity index is 202. The van der Waals surface area contributed by atoms with Gasteiger partial charge in [0.15, 0.2) is 0 Å². The molecule has 2 N–H and O–H groups in total. The number of fused-ring (bicyclic) bond motifs is 2. The number of aliphatic hydroxyl groups is 1. The van der Waals surface area contributed by atoms with Gasteiger partial charge in [0.05, 0.1) is 11.5 Å². The Morgan fingerprint density at radius 2 is 2.27 bits per heavy atom. The van der Waals surface area contributed by atoms with Crippen molar-refractivity contribution in [2.24, 2.45) is 11.3 Å². The predicted molar refractivity (Wildman–Crippen MR) is 38.0 cm³/mol. The van der Waals surface area contributed by atoms with Crippen molar-refractivity contribution in [2.45, 2.75) is 31.8 Å². The van der Waals surface area contributed by atoms with E-state index in [1.54, 1.807) is 0 Å². The minimum atomic E-state index is -0.801. The first-order valence-corrected chi connectivity index (χ1v) is 4.06. The standard InChI is InChI=1S/C8H12O3/c9-6-3-5-1-2-8(6,4-5)7(10)11/h5-6,9H,1-4H2,(H,10,11)/t5-,6+,8+/m0/s1. The summed E-state index contributed by atoms with van der Waals surface area (Å²) in [6.45, 7) is 0. The van der Waals surface area contributed by atoms with Gasteiger partial charge in [-0.2, -0.15) is 0 Å². The fourth-order valence-corrected chi connectivity index (χ4v) is 2.56. The molecule has 2 saturated carbocycles. The third kappa shape index (κ3) is 0.745. The fraction of sp³-hybridized carbons (Fsp3) is 0.875. The number of hydrogen-bond acceptors (Lipinski definition) is 2. The smallest absolute Gasteiger partial charge is 0.312 e. The molecule has 0 saturated heterocycles. The zero-order valence-corrected chi connectivity index (χ0v) is 6.29. The zero-order valence-electron chi connectivity index (χ0n) is 6.29. The van der Waals surface area contributed by atoms with E-state index in [0.29, 0.717) is 25.2 Å². The van der Waals surface area contributed by atoms with E-state index in [2.05, 4.69) is 0 Å². The van der Waals surface area contributed by atoms with Crippen LogP contribution in [-0.4, -0.2) is 22.3 Å². The highest BCUT2D eigenvalue weighted by atomic mass is 16.4. The highest BCUT2D eigenvalue weighted by molar-refractivity contribution is 5.76. The van der Waals surface area contributed by atoms with Gasteiger partial charge in [-0.1, -0.05) is 0 Å². The van der Waals surface area contributed by atoms with Crippen LogP contribution in [0, 0.1) is 11.3 Å². The van der Waals surface area contributed by atoms with Crippen LogP contribution in [0.25, 0.3) is 0 Å². The van der Waals surface area contributed by atoms with E-state index in [1.165, 1.54) is 0 Å². The van der Waals surface area contributed by atoms with Gasteiger partial charge < -0.3 is 10.2 Å². The Morgan fingerprint density at radius 1 is 1.55 bits per heavy atom. The van der Waals surface area contributed by atoms with E-state index in [0.717, 1.165) is 6.42 Å². The Hall–Kier alpha value is -0.570. The largest absolute Gasteiger partial charge is 0.481 e. The Kier molecular flexibility index (Phi) is 1.27. The summed E-state index contributed by atoms with van der Waals surface area (Å²) in [4.78, 5) is 10.8. The van der Waals surface area contributed by atoms with E-state index in [1.807, 2.05) is 0 Å². The number of carboxylic acid groups (broad SMARTS) is 1. The van der Waals surface area contributed by atoms with Gasteiger partial charge in [-0.25, -0.2) is 0 Å². The van der Waals surface area contributed by atoms with E-state index in [9.17, 15) is 9.90 Å². The van der Waals surface area contributed by atoms with Crippen molar-refractivity contribution in [3.8, 4) is 0 Å². The lowest BCUT2D eigenvalue weighted by molar-refractivity contribution is -0.154. The van der Waals surface area contributed by atoms with Gasteiger partial charge in [0.25, 0.3) is 0 Å². The van der Waals surface area contributed by atoms with Crippen LogP contribution >= 0.6 is 0 Å². The third-order valence-corrected chi connectivity index (χ3v) is 3.27. The molecule has 3 heteroatoms. The second-order valence-electron chi connectivity index (χ2n) is 3.82. The first-order valence-electron chi connectivity index (χ1n) is 4.06. The summed E-state index contributed by atoms with van der Waals surface area (Å²) in [6.07, 6.45) is 2.48. The molecule has 0 aliphatic heterocycles. The minimum Gasteiger partial charge on any atom is -0.481 e. The molecule has 11 heavy (non-hydrogen) atoms. The molecule has 0 aromatic heterocycles. The topological polar surface area (TPSA) is 57.5 Å². The highest BCUT2D eigenvalue weighted by Crippen LogP contribution is 2.54. The second kappa shape index (κ2) is 1.97. The number of aliphatic hydroxyl groups excluding tert-OH is 1. The molecule has 0 heterocycles. The molecule has 62 valence electrons. The normalized spacial score (nSPS) is 48.1. The van der Waals surface area contributed by atoms with Crippen LogP contribution in [0.15, 0.2) is 0 Å². The molecule has 2 aliphatic carbocycles. The second-order valence-corrected chi connectivity index (χ2v) is 3.82. The molecule has 0 unspecified atom stereocenters. The van der Waals surface area contributed by atoms with E-state index in [4.69, 9.17) is 5.11 Å². The maximum Gasteiger partial charge on any atom is 0.312 e. The van der Waals surface area contributed by atoms with E-state index < -0.39 is 17.5 Å². The number of carboxylic acids is 1. The van der Waals surface area contributed by atoms with Gasteiger partial charge in [0.2, 0.25) is 0 Å². The van der Waals surface area contributed by atoms with Crippen LogP contribution in [0.4, 0.5) is 0 Å². The van der Waals surface area contributed by atoms with E-state index in [-0.39, 0.29) is 0 Å². The maximum atomic E-state index is 10.8. The first-order chi connectivity index (χ1) is 5.15. The maximum absolute atomic E-state index is 10.8. The van der Waals surface area contributed by atoms with Gasteiger partial charge in [-0.15, -0.1) is 0 Å². The first kappa shape index (κ1) is 7.10. The molecule has 0 aromatic carbocycles. The molecule has 0 spiro atoms. The lowest BCUT2D eigenvalue weighted by Crippen LogP contribution is -2.37. The van der Waals surface area contributed by atoms with Crippen LogP contribution in [0.5, 0.6) is 0 Å².